The number of esters is 1. The van der Waals surface area contributed by atoms with Crippen molar-refractivity contribution in [3.8, 4) is 0 Å². The number of allylic oxidation sites excluding steroid dienone is 2. The molecule has 0 aliphatic heterocycles. The van der Waals surface area contributed by atoms with Gasteiger partial charge in [-0.15, -0.1) is 0 Å². The number of hydrogen-bond donors (Lipinski definition) is 0. The van der Waals surface area contributed by atoms with Crippen molar-refractivity contribution in [3.63, 3.8) is 0 Å². The molecule has 0 saturated carbocycles. The van der Waals surface area contributed by atoms with E-state index in [0.29, 0.717) is 0 Å². The van der Waals surface area contributed by atoms with Crippen LogP contribution in [0.25, 0.3) is 0 Å². The minimum atomic E-state index is -1.31. The Hall–Kier alpha value is -1.45. The fourth-order valence-corrected chi connectivity index (χ4v) is 1.08. The lowest BCUT2D eigenvalue weighted by Gasteiger charge is -2.09. The maximum atomic E-state index is 11.5. The maximum absolute atomic E-state index is 11.5. The smallest absolute Gasteiger partial charge is 0.324 e. The highest BCUT2D eigenvalue weighted by Crippen LogP contribution is 2.06. The van der Waals surface area contributed by atoms with Crippen molar-refractivity contribution >= 4 is 17.5 Å². The van der Waals surface area contributed by atoms with Crippen LogP contribution in [0.3, 0.4) is 0 Å². The van der Waals surface area contributed by atoms with Gasteiger partial charge in [-0.3, -0.25) is 14.4 Å². The second-order valence-electron chi connectivity index (χ2n) is 3.42. The van der Waals surface area contributed by atoms with E-state index in [-0.39, 0.29) is 6.61 Å². The Bertz CT molecular complexity index is 298. The largest absolute Gasteiger partial charge is 0.465 e. The normalized spacial score (nSPS) is 11.5. The number of hydrogen-bond acceptors (Lipinski definition) is 4. The van der Waals surface area contributed by atoms with Crippen LogP contribution >= 0.6 is 0 Å². The van der Waals surface area contributed by atoms with Crippen LogP contribution in [0.4, 0.5) is 0 Å². The zero-order valence-corrected chi connectivity index (χ0v) is 9.49. The summed E-state index contributed by atoms with van der Waals surface area (Å²) in [4.78, 5) is 34.0. The summed E-state index contributed by atoms with van der Waals surface area (Å²) in [6.45, 7) is 6.43. The zero-order chi connectivity index (χ0) is 12.0. The molecule has 0 saturated heterocycles. The molecular weight excluding hydrogens is 196 g/mol. The Morgan fingerprint density at radius 2 is 1.73 bits per heavy atom. The second-order valence-corrected chi connectivity index (χ2v) is 3.42. The summed E-state index contributed by atoms with van der Waals surface area (Å²) in [7, 11) is 0. The van der Waals surface area contributed by atoms with Gasteiger partial charge in [0, 0.05) is 0 Å². The van der Waals surface area contributed by atoms with Crippen molar-refractivity contribution in [2.24, 2.45) is 5.92 Å². The van der Waals surface area contributed by atoms with Crippen LogP contribution in [0, 0.1) is 5.92 Å². The molecule has 0 spiro atoms. The topological polar surface area (TPSA) is 60.4 Å². The zero-order valence-electron chi connectivity index (χ0n) is 9.49. The van der Waals surface area contributed by atoms with E-state index in [1.54, 1.807) is 20.8 Å². The van der Waals surface area contributed by atoms with Gasteiger partial charge in [-0.2, -0.15) is 0 Å². The average Bonchev–Trinajstić information content (AvgIpc) is 2.01. The molecule has 0 N–H and O–H groups in total. The third-order valence-corrected chi connectivity index (χ3v) is 1.64. The average molecular weight is 212 g/mol. The quantitative estimate of drug-likeness (QED) is 0.391. The van der Waals surface area contributed by atoms with E-state index >= 15 is 0 Å². The van der Waals surface area contributed by atoms with Crippen LogP contribution in [-0.2, 0) is 19.1 Å². The summed E-state index contributed by atoms with van der Waals surface area (Å²) in [5, 5.41) is 0. The second kappa shape index (κ2) is 6.11. The van der Waals surface area contributed by atoms with E-state index in [2.05, 4.69) is 4.74 Å². The van der Waals surface area contributed by atoms with Crippen LogP contribution < -0.4 is 0 Å². The molecule has 1 atom stereocenters. The van der Waals surface area contributed by atoms with Gasteiger partial charge >= 0.3 is 5.97 Å². The predicted octanol–water partition coefficient (Wildman–Crippen LogP) is 1.29. The fraction of sp³-hybridized carbons (Fsp3) is 0.545. The molecule has 0 fully saturated rings. The van der Waals surface area contributed by atoms with Gasteiger partial charge in [0.05, 0.1) is 6.61 Å². The Kier molecular flexibility index (Phi) is 5.52. The van der Waals surface area contributed by atoms with Gasteiger partial charge in [-0.05, 0) is 33.8 Å². The van der Waals surface area contributed by atoms with Gasteiger partial charge in [0.25, 0.3) is 0 Å². The number of rotatable bonds is 5. The minimum absolute atomic E-state index is 0.157. The van der Waals surface area contributed by atoms with Crippen LogP contribution in [0.5, 0.6) is 0 Å². The summed E-state index contributed by atoms with van der Waals surface area (Å²) >= 11 is 0. The molecule has 0 aromatic rings. The molecule has 0 heterocycles. The number of Topliss-reactive ketones (excluding diaryl/α,β-unsaturated/α-hetero) is 1. The van der Waals surface area contributed by atoms with Crippen LogP contribution in [-0.4, -0.2) is 24.1 Å². The lowest BCUT2D eigenvalue weighted by Crippen LogP contribution is -2.31. The molecule has 1 unspecified atom stereocenters. The molecule has 0 aliphatic rings. The molecule has 0 aliphatic carbocycles. The highest BCUT2D eigenvalue weighted by Gasteiger charge is 2.30. The number of ether oxygens (including phenoxy) is 1. The monoisotopic (exact) mass is 212 g/mol. The molecule has 0 aromatic heterocycles. The Labute approximate surface area is 89.3 Å². The Morgan fingerprint density at radius 3 is 2.07 bits per heavy atom. The first kappa shape index (κ1) is 13.5. The molecule has 4 nitrogen and oxygen atoms in total. The molecule has 0 aromatic carbocycles. The first-order valence-corrected chi connectivity index (χ1v) is 4.76. The summed E-state index contributed by atoms with van der Waals surface area (Å²) in [5.74, 6) is -3.08. The number of carbonyl (C=O) groups excluding carboxylic acids is 3. The van der Waals surface area contributed by atoms with E-state index in [9.17, 15) is 14.4 Å². The van der Waals surface area contributed by atoms with Crippen molar-refractivity contribution < 1.29 is 19.1 Å². The van der Waals surface area contributed by atoms with Gasteiger partial charge in [-0.25, -0.2) is 0 Å². The van der Waals surface area contributed by atoms with Gasteiger partial charge in [0.2, 0.25) is 0 Å². The van der Waals surface area contributed by atoms with Crippen molar-refractivity contribution in [2.75, 3.05) is 6.61 Å². The summed E-state index contributed by atoms with van der Waals surface area (Å²) in [6.07, 6.45) is 1.28. The van der Waals surface area contributed by atoms with Crippen molar-refractivity contribution in [1.82, 2.24) is 0 Å². The van der Waals surface area contributed by atoms with Crippen molar-refractivity contribution in [2.45, 2.75) is 27.7 Å². The maximum Gasteiger partial charge on any atom is 0.324 e. The lowest BCUT2D eigenvalue weighted by atomic mass is 9.98. The molecule has 0 rings (SSSR count). The van der Waals surface area contributed by atoms with E-state index in [4.69, 9.17) is 0 Å². The third kappa shape index (κ3) is 4.54. The lowest BCUT2D eigenvalue weighted by molar-refractivity contribution is -0.153. The molecular formula is C11H16O4. The van der Waals surface area contributed by atoms with Crippen LogP contribution in [0.1, 0.15) is 27.7 Å². The Balaban J connectivity index is 4.83. The van der Waals surface area contributed by atoms with Crippen molar-refractivity contribution in [3.05, 3.63) is 11.6 Å². The standard InChI is InChI=1S/C11H16O4/c1-5-15-11(14)10(8(4)12)9(13)6-7(2)3/h6,10H,5H2,1-4H3. The van der Waals surface area contributed by atoms with Gasteiger partial charge in [0.15, 0.2) is 17.5 Å². The van der Waals surface area contributed by atoms with Gasteiger partial charge < -0.3 is 4.74 Å². The number of carbonyl (C=O) groups is 3. The highest BCUT2D eigenvalue weighted by molar-refractivity contribution is 6.20. The molecule has 84 valence electrons. The summed E-state index contributed by atoms with van der Waals surface area (Å²) in [6, 6.07) is 0. The third-order valence-electron chi connectivity index (χ3n) is 1.64. The van der Waals surface area contributed by atoms with Crippen molar-refractivity contribution in [1.29, 1.82) is 0 Å². The van der Waals surface area contributed by atoms with Crippen LogP contribution in [0.2, 0.25) is 0 Å². The van der Waals surface area contributed by atoms with E-state index in [1.165, 1.54) is 13.0 Å². The molecule has 0 bridgehead atoms. The molecule has 4 heteroatoms. The fourth-order valence-electron chi connectivity index (χ4n) is 1.08. The summed E-state index contributed by atoms with van der Waals surface area (Å²) in [5.41, 5.74) is 0.746. The van der Waals surface area contributed by atoms with Crippen LogP contribution in [0.15, 0.2) is 11.6 Å². The molecule has 0 radical (unpaired) electrons. The SMILES string of the molecule is CCOC(=O)C(C(C)=O)C(=O)C=C(C)C. The first-order valence-electron chi connectivity index (χ1n) is 4.76. The predicted molar refractivity (Wildman–Crippen MR) is 55.2 cm³/mol. The summed E-state index contributed by atoms with van der Waals surface area (Å²) < 4.78 is 4.66. The van der Waals surface area contributed by atoms with E-state index in [1.807, 2.05) is 0 Å². The van der Waals surface area contributed by atoms with Gasteiger partial charge in [-0.1, -0.05) is 5.57 Å². The molecule has 0 amide bonds. The van der Waals surface area contributed by atoms with E-state index < -0.39 is 23.5 Å². The first-order chi connectivity index (χ1) is 6.90. The molecule has 15 heavy (non-hydrogen) atoms. The highest BCUT2D eigenvalue weighted by atomic mass is 16.5. The van der Waals surface area contributed by atoms with E-state index in [0.717, 1.165) is 5.57 Å². The minimum Gasteiger partial charge on any atom is -0.465 e. The Morgan fingerprint density at radius 1 is 1.20 bits per heavy atom. The number of ketones is 2. The van der Waals surface area contributed by atoms with Gasteiger partial charge in [0.1, 0.15) is 0 Å².